The number of carbonyl (C=O) groups is 1. The number of rotatable bonds is 12. The second-order valence-electron chi connectivity index (χ2n) is 8.64. The highest BCUT2D eigenvalue weighted by Gasteiger charge is 2.50. The van der Waals surface area contributed by atoms with Crippen LogP contribution in [0.5, 0.6) is 0 Å². The zero-order chi connectivity index (χ0) is 25.9. The van der Waals surface area contributed by atoms with E-state index in [4.69, 9.17) is 35.3 Å². The van der Waals surface area contributed by atoms with Crippen molar-refractivity contribution < 1.29 is 32.9 Å². The highest BCUT2D eigenvalue weighted by molar-refractivity contribution is 6.26. The van der Waals surface area contributed by atoms with Crippen molar-refractivity contribution >= 4 is 17.6 Å². The number of ether oxygens (including phenoxy) is 5. The lowest BCUT2D eigenvalue weighted by Gasteiger charge is -2.43. The summed E-state index contributed by atoms with van der Waals surface area (Å²) in [6.45, 7) is 0.629. The summed E-state index contributed by atoms with van der Waals surface area (Å²) in [5.41, 5.74) is 2.70. The van der Waals surface area contributed by atoms with Crippen LogP contribution in [0.1, 0.15) is 16.7 Å². The first kappa shape index (κ1) is 27.2. The molecule has 1 aliphatic heterocycles. The molecule has 1 fully saturated rings. The molecule has 4 rings (SSSR count). The smallest absolute Gasteiger partial charge is 0.321 e. The van der Waals surface area contributed by atoms with Gasteiger partial charge in [0, 0.05) is 0 Å². The van der Waals surface area contributed by atoms with Crippen molar-refractivity contribution in [3.8, 4) is 0 Å². The molecule has 0 amide bonds. The van der Waals surface area contributed by atoms with Crippen LogP contribution in [0.15, 0.2) is 91.0 Å². The Labute approximate surface area is 221 Å². The average Bonchev–Trinajstić information content (AvgIpc) is 2.94. The number of halogens is 2. The lowest BCUT2D eigenvalue weighted by atomic mass is 9.98. The van der Waals surface area contributed by atoms with Gasteiger partial charge in [-0.05, 0) is 16.7 Å². The summed E-state index contributed by atoms with van der Waals surface area (Å²) in [5.74, 6) is -1.09. The SMILES string of the molecule is O=C(CCl)O[C@@H]1[C@@H](OCc2ccccc2)[C@@H](F)O[C@H](COCc2ccccc2)[C@@H]1OCc1ccccc1. The van der Waals surface area contributed by atoms with E-state index in [-0.39, 0.29) is 25.7 Å². The average molecular weight is 529 g/mol. The fourth-order valence-electron chi connectivity index (χ4n) is 4.09. The summed E-state index contributed by atoms with van der Waals surface area (Å²) in [6.07, 6.45) is -5.92. The molecule has 1 saturated heterocycles. The molecule has 0 aromatic heterocycles. The second kappa shape index (κ2) is 14.2. The van der Waals surface area contributed by atoms with Crippen LogP contribution in [-0.4, -0.2) is 49.2 Å². The van der Waals surface area contributed by atoms with E-state index in [2.05, 4.69) is 0 Å². The Morgan fingerprint density at radius 1 is 0.730 bits per heavy atom. The van der Waals surface area contributed by atoms with E-state index < -0.39 is 36.7 Å². The minimum absolute atomic E-state index is 0.0229. The molecular weight excluding hydrogens is 499 g/mol. The Bertz CT molecular complexity index is 1070. The van der Waals surface area contributed by atoms with Gasteiger partial charge in [0.05, 0.1) is 26.4 Å². The fourth-order valence-corrected chi connectivity index (χ4v) is 4.16. The molecule has 0 spiro atoms. The van der Waals surface area contributed by atoms with E-state index >= 15 is 4.39 Å². The number of hydrogen-bond donors (Lipinski definition) is 0. The Morgan fingerprint density at radius 2 is 1.22 bits per heavy atom. The Morgan fingerprint density at radius 3 is 1.73 bits per heavy atom. The van der Waals surface area contributed by atoms with Gasteiger partial charge in [-0.3, -0.25) is 4.79 Å². The summed E-state index contributed by atoms with van der Waals surface area (Å²) in [4.78, 5) is 12.3. The number of carbonyl (C=O) groups excluding carboxylic acids is 1. The second-order valence-corrected chi connectivity index (χ2v) is 8.90. The molecule has 37 heavy (non-hydrogen) atoms. The molecular formula is C29H30ClFO6. The molecule has 0 bridgehead atoms. The maximum atomic E-state index is 15.4. The quantitative estimate of drug-likeness (QED) is 0.237. The summed E-state index contributed by atoms with van der Waals surface area (Å²) in [7, 11) is 0. The molecule has 1 aliphatic rings. The van der Waals surface area contributed by atoms with Gasteiger partial charge in [0.1, 0.15) is 18.1 Å². The Kier molecular flexibility index (Phi) is 10.5. The van der Waals surface area contributed by atoms with Crippen molar-refractivity contribution in [3.63, 3.8) is 0 Å². The molecule has 5 atom stereocenters. The van der Waals surface area contributed by atoms with Crippen molar-refractivity contribution in [2.75, 3.05) is 12.5 Å². The Hall–Kier alpha value is -2.81. The van der Waals surface area contributed by atoms with Gasteiger partial charge in [0.2, 0.25) is 6.36 Å². The van der Waals surface area contributed by atoms with Crippen molar-refractivity contribution in [3.05, 3.63) is 108 Å². The van der Waals surface area contributed by atoms with Crippen LogP contribution in [0.4, 0.5) is 4.39 Å². The van der Waals surface area contributed by atoms with Crippen LogP contribution in [0, 0.1) is 0 Å². The van der Waals surface area contributed by atoms with E-state index in [0.717, 1.165) is 16.7 Å². The van der Waals surface area contributed by atoms with Crippen LogP contribution in [0.3, 0.4) is 0 Å². The third-order valence-electron chi connectivity index (χ3n) is 5.92. The zero-order valence-corrected chi connectivity index (χ0v) is 21.0. The largest absolute Gasteiger partial charge is 0.456 e. The van der Waals surface area contributed by atoms with E-state index in [0.29, 0.717) is 6.61 Å². The minimum atomic E-state index is -1.88. The first-order chi connectivity index (χ1) is 18.1. The van der Waals surface area contributed by atoms with Crippen LogP contribution in [0.2, 0.25) is 0 Å². The van der Waals surface area contributed by atoms with Crippen LogP contribution in [0.25, 0.3) is 0 Å². The van der Waals surface area contributed by atoms with Gasteiger partial charge in [-0.1, -0.05) is 91.0 Å². The molecule has 0 unspecified atom stereocenters. The summed E-state index contributed by atoms with van der Waals surface area (Å²) in [5, 5.41) is 0. The summed E-state index contributed by atoms with van der Waals surface area (Å²) in [6, 6.07) is 28.4. The predicted octanol–water partition coefficient (Wildman–Crippen LogP) is 5.22. The van der Waals surface area contributed by atoms with Crippen LogP contribution < -0.4 is 0 Å². The molecule has 0 saturated carbocycles. The maximum absolute atomic E-state index is 15.4. The number of alkyl halides is 2. The molecule has 0 N–H and O–H groups in total. The van der Waals surface area contributed by atoms with Crippen molar-refractivity contribution in [1.82, 2.24) is 0 Å². The first-order valence-electron chi connectivity index (χ1n) is 12.1. The maximum Gasteiger partial charge on any atom is 0.321 e. The number of esters is 1. The zero-order valence-electron chi connectivity index (χ0n) is 20.3. The van der Waals surface area contributed by atoms with Crippen LogP contribution >= 0.6 is 11.6 Å². The first-order valence-corrected chi connectivity index (χ1v) is 12.6. The van der Waals surface area contributed by atoms with Gasteiger partial charge >= 0.3 is 5.97 Å². The van der Waals surface area contributed by atoms with Gasteiger partial charge in [0.15, 0.2) is 12.2 Å². The highest BCUT2D eigenvalue weighted by Crippen LogP contribution is 2.31. The van der Waals surface area contributed by atoms with Gasteiger partial charge in [-0.2, -0.15) is 0 Å². The van der Waals surface area contributed by atoms with E-state index in [9.17, 15) is 4.79 Å². The van der Waals surface area contributed by atoms with Gasteiger partial charge < -0.3 is 23.7 Å². The summed E-state index contributed by atoms with van der Waals surface area (Å²) < 4.78 is 44.7. The van der Waals surface area contributed by atoms with Crippen molar-refractivity contribution in [2.24, 2.45) is 0 Å². The third-order valence-corrected chi connectivity index (χ3v) is 6.14. The molecule has 8 heteroatoms. The molecule has 6 nitrogen and oxygen atoms in total. The number of benzene rings is 3. The predicted molar refractivity (Wildman–Crippen MR) is 137 cm³/mol. The van der Waals surface area contributed by atoms with E-state index in [1.807, 2.05) is 91.0 Å². The molecule has 0 radical (unpaired) electrons. The third kappa shape index (κ3) is 8.09. The molecule has 0 aliphatic carbocycles. The minimum Gasteiger partial charge on any atom is -0.456 e. The van der Waals surface area contributed by atoms with Gasteiger partial charge in [-0.15, -0.1) is 11.6 Å². The molecule has 3 aromatic rings. The molecule has 3 aromatic carbocycles. The van der Waals surface area contributed by atoms with Crippen molar-refractivity contribution in [2.45, 2.75) is 50.6 Å². The monoisotopic (exact) mass is 528 g/mol. The summed E-state index contributed by atoms with van der Waals surface area (Å²) >= 11 is 5.73. The normalized spacial score (nSPS) is 23.5. The molecule has 1 heterocycles. The Balaban J connectivity index is 1.52. The molecule has 196 valence electrons. The lowest BCUT2D eigenvalue weighted by Crippen LogP contribution is -2.60. The van der Waals surface area contributed by atoms with Crippen molar-refractivity contribution in [1.29, 1.82) is 0 Å². The van der Waals surface area contributed by atoms with Crippen LogP contribution in [-0.2, 0) is 48.3 Å². The fraction of sp³-hybridized carbons (Fsp3) is 0.345. The van der Waals surface area contributed by atoms with Gasteiger partial charge in [0.25, 0.3) is 0 Å². The topological polar surface area (TPSA) is 63.2 Å². The van der Waals surface area contributed by atoms with E-state index in [1.54, 1.807) is 0 Å². The van der Waals surface area contributed by atoms with E-state index in [1.165, 1.54) is 0 Å². The lowest BCUT2D eigenvalue weighted by molar-refractivity contribution is -0.291. The standard InChI is InChI=1S/C29H30ClFO6/c30-16-25(32)37-27-26(34-18-22-12-6-2-7-13-22)24(20-33-17-21-10-4-1-5-11-21)36-29(31)28(27)35-19-23-14-8-3-9-15-23/h1-15,24,26-29H,16-20H2/t24-,26+,27+,28-,29+/m1/s1. The number of hydrogen-bond acceptors (Lipinski definition) is 6. The highest BCUT2D eigenvalue weighted by atomic mass is 35.5. The van der Waals surface area contributed by atoms with Gasteiger partial charge in [-0.25, -0.2) is 4.39 Å².